The molecule has 1 aromatic carbocycles. The van der Waals surface area contributed by atoms with Crippen LogP contribution in [0.1, 0.15) is 15.9 Å². The summed E-state index contributed by atoms with van der Waals surface area (Å²) in [5, 5.41) is 8.57. The molecular formula is C9H10O3. The lowest BCUT2D eigenvalue weighted by molar-refractivity contribution is -0.0980. The molecule has 0 saturated carbocycles. The van der Waals surface area contributed by atoms with Gasteiger partial charge in [0.15, 0.2) is 0 Å². The van der Waals surface area contributed by atoms with Gasteiger partial charge in [-0.15, -0.1) is 0 Å². The van der Waals surface area contributed by atoms with Crippen LogP contribution in [0.15, 0.2) is 24.3 Å². The van der Waals surface area contributed by atoms with E-state index in [-0.39, 0.29) is 0 Å². The first-order valence-corrected chi connectivity index (χ1v) is 3.29. The number of carboxylic acid groups (broad SMARTS) is 1. The van der Waals surface area contributed by atoms with Crippen LogP contribution in [0.5, 0.6) is 0 Å². The fourth-order valence-corrected chi connectivity index (χ4v) is 0.813. The number of carbonyl (C=O) groups is 2. The Bertz CT molecular complexity index is 268. The second-order valence-corrected chi connectivity index (χ2v) is 2.12. The van der Waals surface area contributed by atoms with Crippen molar-refractivity contribution in [3.63, 3.8) is 0 Å². The molecule has 0 fully saturated rings. The van der Waals surface area contributed by atoms with Crippen LogP contribution in [0.2, 0.25) is 0 Å². The van der Waals surface area contributed by atoms with Gasteiger partial charge in [-0.25, -0.2) is 4.79 Å². The lowest BCUT2D eigenvalue weighted by Gasteiger charge is -1.96. The molecule has 0 saturated heterocycles. The van der Waals surface area contributed by atoms with Crippen molar-refractivity contribution in [3.8, 4) is 0 Å². The van der Waals surface area contributed by atoms with Gasteiger partial charge in [-0.3, -0.25) is 0 Å². The third-order valence-electron chi connectivity index (χ3n) is 1.38. The molecule has 0 aliphatic heterocycles. The predicted octanol–water partition coefficient (Wildman–Crippen LogP) is 1.51. The van der Waals surface area contributed by atoms with Crippen molar-refractivity contribution in [2.75, 3.05) is 0 Å². The van der Waals surface area contributed by atoms with Crippen molar-refractivity contribution < 1.29 is 14.7 Å². The Morgan fingerprint density at radius 3 is 2.17 bits per heavy atom. The molecule has 12 heavy (non-hydrogen) atoms. The second-order valence-electron chi connectivity index (χ2n) is 2.12. The van der Waals surface area contributed by atoms with Crippen molar-refractivity contribution in [1.29, 1.82) is 0 Å². The molecule has 0 aromatic heterocycles. The van der Waals surface area contributed by atoms with Gasteiger partial charge in [0.25, 0.3) is 0 Å². The first-order chi connectivity index (χ1) is 5.72. The zero-order chi connectivity index (χ0) is 9.56. The largest absolute Gasteiger partial charge is 0.478 e. The Hall–Kier alpha value is -1.64. The quantitative estimate of drug-likeness (QED) is 0.687. The summed E-state index contributed by atoms with van der Waals surface area (Å²) in [4.78, 5) is 18.4. The van der Waals surface area contributed by atoms with E-state index in [0.29, 0.717) is 5.56 Å². The standard InChI is InChI=1S/C8H8O2.CH2O/c1-6-4-2-3-5-7(6)8(9)10;1-2/h2-5H,1H3,(H,9,10);1H2. The number of rotatable bonds is 1. The molecule has 3 nitrogen and oxygen atoms in total. The third kappa shape index (κ3) is 2.54. The molecule has 1 N–H and O–H groups in total. The number of aromatic carboxylic acids is 1. The molecule has 0 bridgehead atoms. The molecular weight excluding hydrogens is 156 g/mol. The minimum atomic E-state index is -0.863. The van der Waals surface area contributed by atoms with Crippen molar-refractivity contribution in [2.24, 2.45) is 0 Å². The third-order valence-corrected chi connectivity index (χ3v) is 1.38. The maximum atomic E-state index is 10.4. The monoisotopic (exact) mass is 166 g/mol. The van der Waals surface area contributed by atoms with Crippen LogP contribution in [-0.4, -0.2) is 17.9 Å². The second kappa shape index (κ2) is 5.07. The number of carbonyl (C=O) groups excluding carboxylic acids is 1. The summed E-state index contributed by atoms with van der Waals surface area (Å²) in [5.41, 5.74) is 1.18. The Morgan fingerprint density at radius 2 is 1.83 bits per heavy atom. The molecule has 0 spiro atoms. The van der Waals surface area contributed by atoms with E-state index in [1.165, 1.54) is 0 Å². The van der Waals surface area contributed by atoms with Crippen LogP contribution in [0, 0.1) is 6.92 Å². The first-order valence-electron chi connectivity index (χ1n) is 3.29. The van der Waals surface area contributed by atoms with E-state index in [1.54, 1.807) is 25.1 Å². The summed E-state index contributed by atoms with van der Waals surface area (Å²) in [6.45, 7) is 3.78. The van der Waals surface area contributed by atoms with E-state index in [2.05, 4.69) is 0 Å². The van der Waals surface area contributed by atoms with Gasteiger partial charge in [0.2, 0.25) is 0 Å². The van der Waals surface area contributed by atoms with Gasteiger partial charge in [-0.1, -0.05) is 18.2 Å². The van der Waals surface area contributed by atoms with Crippen LogP contribution < -0.4 is 0 Å². The molecule has 0 aliphatic rings. The predicted molar refractivity (Wildman–Crippen MR) is 45.3 cm³/mol. The van der Waals surface area contributed by atoms with Crippen molar-refractivity contribution >= 4 is 12.8 Å². The highest BCUT2D eigenvalue weighted by molar-refractivity contribution is 5.89. The van der Waals surface area contributed by atoms with Gasteiger partial charge in [0.05, 0.1) is 5.56 Å². The molecule has 64 valence electrons. The minimum absolute atomic E-state index is 0.377. The van der Waals surface area contributed by atoms with Crippen molar-refractivity contribution in [3.05, 3.63) is 35.4 Å². The van der Waals surface area contributed by atoms with Crippen LogP contribution in [0.25, 0.3) is 0 Å². The topological polar surface area (TPSA) is 54.4 Å². The van der Waals surface area contributed by atoms with E-state index in [0.717, 1.165) is 5.56 Å². The lowest BCUT2D eigenvalue weighted by Crippen LogP contribution is -1.97. The van der Waals surface area contributed by atoms with Crippen LogP contribution in [-0.2, 0) is 4.79 Å². The Labute approximate surface area is 70.6 Å². The summed E-state index contributed by atoms with van der Waals surface area (Å²) >= 11 is 0. The molecule has 0 heterocycles. The summed E-state index contributed by atoms with van der Waals surface area (Å²) in [6.07, 6.45) is 0. The number of aryl methyl sites for hydroxylation is 1. The Morgan fingerprint density at radius 1 is 1.33 bits per heavy atom. The highest BCUT2D eigenvalue weighted by Crippen LogP contribution is 2.05. The van der Waals surface area contributed by atoms with Gasteiger partial charge in [-0.05, 0) is 18.6 Å². The van der Waals surface area contributed by atoms with Gasteiger partial charge in [0.1, 0.15) is 6.79 Å². The lowest BCUT2D eigenvalue weighted by atomic mass is 10.1. The maximum Gasteiger partial charge on any atom is 0.335 e. The summed E-state index contributed by atoms with van der Waals surface area (Å²) in [7, 11) is 0. The molecule has 0 aliphatic carbocycles. The first kappa shape index (κ1) is 10.4. The molecule has 0 atom stereocenters. The van der Waals surface area contributed by atoms with E-state index in [9.17, 15) is 4.79 Å². The fraction of sp³-hybridized carbons (Fsp3) is 0.111. The highest BCUT2D eigenvalue weighted by atomic mass is 16.4. The number of hydrogen-bond acceptors (Lipinski definition) is 2. The molecule has 3 heteroatoms. The average Bonchev–Trinajstić information content (AvgIpc) is 2.08. The van der Waals surface area contributed by atoms with Crippen LogP contribution in [0.3, 0.4) is 0 Å². The summed E-state index contributed by atoms with van der Waals surface area (Å²) in [6, 6.07) is 6.92. The highest BCUT2D eigenvalue weighted by Gasteiger charge is 2.02. The zero-order valence-corrected chi connectivity index (χ0v) is 6.78. The number of hydrogen-bond donors (Lipinski definition) is 1. The van der Waals surface area contributed by atoms with Crippen molar-refractivity contribution in [1.82, 2.24) is 0 Å². The number of benzene rings is 1. The zero-order valence-electron chi connectivity index (χ0n) is 6.78. The van der Waals surface area contributed by atoms with Gasteiger partial charge in [0, 0.05) is 0 Å². The fourth-order valence-electron chi connectivity index (χ4n) is 0.813. The minimum Gasteiger partial charge on any atom is -0.478 e. The van der Waals surface area contributed by atoms with Gasteiger partial charge >= 0.3 is 5.97 Å². The normalized spacial score (nSPS) is 8.08. The smallest absolute Gasteiger partial charge is 0.335 e. The Balaban J connectivity index is 0.000000561. The maximum absolute atomic E-state index is 10.4. The average molecular weight is 166 g/mol. The van der Waals surface area contributed by atoms with Crippen LogP contribution in [0.4, 0.5) is 0 Å². The van der Waals surface area contributed by atoms with Crippen molar-refractivity contribution in [2.45, 2.75) is 6.92 Å². The summed E-state index contributed by atoms with van der Waals surface area (Å²) in [5.74, 6) is -0.863. The molecule has 1 aromatic rings. The van der Waals surface area contributed by atoms with Gasteiger partial charge < -0.3 is 9.90 Å². The van der Waals surface area contributed by atoms with E-state index in [1.807, 2.05) is 12.9 Å². The number of carboxylic acids is 1. The molecule has 0 amide bonds. The summed E-state index contributed by atoms with van der Waals surface area (Å²) < 4.78 is 0. The van der Waals surface area contributed by atoms with E-state index >= 15 is 0 Å². The van der Waals surface area contributed by atoms with E-state index < -0.39 is 5.97 Å². The van der Waals surface area contributed by atoms with E-state index in [4.69, 9.17) is 9.90 Å². The van der Waals surface area contributed by atoms with Gasteiger partial charge in [-0.2, -0.15) is 0 Å². The Kier molecular flexibility index (Phi) is 4.38. The molecule has 1 rings (SSSR count). The van der Waals surface area contributed by atoms with Crippen LogP contribution >= 0.6 is 0 Å². The molecule has 0 radical (unpaired) electrons. The SMILES string of the molecule is C=O.Cc1ccccc1C(=O)O. The molecule has 0 unspecified atom stereocenters.